The number of rotatable bonds is 2. The molecule has 2 saturated heterocycles. The predicted molar refractivity (Wildman–Crippen MR) is 121 cm³/mol. The second-order valence-corrected chi connectivity index (χ2v) is 9.68. The summed E-state index contributed by atoms with van der Waals surface area (Å²) in [6.45, 7) is 6.10. The van der Waals surface area contributed by atoms with Crippen LogP contribution in [0.4, 0.5) is 11.4 Å². The molecule has 10 nitrogen and oxygen atoms in total. The average molecular weight is 433 g/mol. The fraction of sp³-hybridized carbons (Fsp3) is 0.409. The lowest BCUT2D eigenvalue weighted by molar-refractivity contribution is -0.915. The molecule has 5 aliphatic heterocycles. The molecule has 10 heteroatoms. The number of amidine groups is 1. The third kappa shape index (κ3) is 2.69. The normalized spacial score (nSPS) is 31.9. The first-order valence-electron chi connectivity index (χ1n) is 10.8. The number of carbonyl (C=O) groups excluding carboxylic acids is 2. The van der Waals surface area contributed by atoms with Crippen molar-refractivity contribution in [2.45, 2.75) is 32.1 Å². The molecular formula is C22H25N8O2+. The Kier molecular flexibility index (Phi) is 3.82. The molecular weight excluding hydrogens is 408 g/mol. The van der Waals surface area contributed by atoms with Gasteiger partial charge in [0.15, 0.2) is 6.20 Å². The van der Waals surface area contributed by atoms with E-state index >= 15 is 0 Å². The first-order valence-corrected chi connectivity index (χ1v) is 10.8. The van der Waals surface area contributed by atoms with Gasteiger partial charge in [0.25, 0.3) is 5.96 Å². The van der Waals surface area contributed by atoms with Gasteiger partial charge in [-0.05, 0) is 47.8 Å². The highest BCUT2D eigenvalue weighted by molar-refractivity contribution is 6.30. The minimum atomic E-state index is -0.543. The van der Waals surface area contributed by atoms with E-state index in [1.54, 1.807) is 12.4 Å². The fourth-order valence-electron chi connectivity index (χ4n) is 5.23. The summed E-state index contributed by atoms with van der Waals surface area (Å²) < 4.78 is 0.122. The Balaban J connectivity index is 1.28. The summed E-state index contributed by atoms with van der Waals surface area (Å²) in [4.78, 5) is 33.1. The van der Waals surface area contributed by atoms with E-state index in [2.05, 4.69) is 26.0 Å². The fourth-order valence-corrected chi connectivity index (χ4v) is 5.23. The van der Waals surface area contributed by atoms with Gasteiger partial charge in [0.05, 0.1) is 24.7 Å². The summed E-state index contributed by atoms with van der Waals surface area (Å²) in [5.41, 5.74) is 1.99. The smallest absolute Gasteiger partial charge is 0.301 e. The molecule has 3 N–H and O–H groups in total. The number of benzene rings is 1. The summed E-state index contributed by atoms with van der Waals surface area (Å²) in [5.74, 6) is 1.30. The molecule has 1 spiro atoms. The Morgan fingerprint density at radius 2 is 2.12 bits per heavy atom. The minimum absolute atomic E-state index is 0.00562. The van der Waals surface area contributed by atoms with Gasteiger partial charge in [0.1, 0.15) is 6.21 Å². The van der Waals surface area contributed by atoms with Crippen LogP contribution < -0.4 is 16.0 Å². The number of guanidine groups is 1. The quantitative estimate of drug-likeness (QED) is 0.614. The molecule has 1 unspecified atom stereocenters. The van der Waals surface area contributed by atoms with Gasteiger partial charge in [-0.3, -0.25) is 14.6 Å². The molecule has 0 aliphatic carbocycles. The van der Waals surface area contributed by atoms with E-state index < -0.39 is 5.41 Å². The van der Waals surface area contributed by atoms with Gasteiger partial charge in [0, 0.05) is 29.8 Å². The van der Waals surface area contributed by atoms with Crippen LogP contribution in [0.25, 0.3) is 0 Å². The minimum Gasteiger partial charge on any atom is -0.355 e. The van der Waals surface area contributed by atoms with Crippen molar-refractivity contribution in [2.75, 3.05) is 30.3 Å². The van der Waals surface area contributed by atoms with Crippen LogP contribution in [0.5, 0.6) is 0 Å². The number of anilines is 2. The van der Waals surface area contributed by atoms with Crippen molar-refractivity contribution >= 4 is 41.2 Å². The lowest BCUT2D eigenvalue weighted by Gasteiger charge is -2.33. The molecule has 164 valence electrons. The number of nitrogens with zero attached hydrogens (tertiary/aromatic N) is 5. The van der Waals surface area contributed by atoms with Crippen LogP contribution >= 0.6 is 0 Å². The Hall–Kier alpha value is -3.37. The first-order chi connectivity index (χ1) is 15.3. The van der Waals surface area contributed by atoms with E-state index in [4.69, 9.17) is 10.1 Å². The number of hydrogen-bond donors (Lipinski definition) is 3. The van der Waals surface area contributed by atoms with Gasteiger partial charge < -0.3 is 16.0 Å². The van der Waals surface area contributed by atoms with E-state index in [0.29, 0.717) is 24.8 Å². The first kappa shape index (κ1) is 19.3. The SMILES string of the molecule is CC1(C)C(=O)Nc2cc(NC3=N[N+]4(N5CC[C@@]6(CNC(=O)C6)C5)C=CN=CC4=N3)ccc21. The number of hydrogen-bond acceptors (Lipinski definition) is 7. The molecule has 0 radical (unpaired) electrons. The van der Waals surface area contributed by atoms with E-state index in [-0.39, 0.29) is 21.9 Å². The molecule has 0 aromatic heterocycles. The van der Waals surface area contributed by atoms with Crippen molar-refractivity contribution in [3.05, 3.63) is 36.2 Å². The van der Waals surface area contributed by atoms with Crippen molar-refractivity contribution < 1.29 is 14.3 Å². The van der Waals surface area contributed by atoms with E-state index in [1.807, 2.05) is 38.2 Å². The topological polar surface area (TPSA) is 111 Å². The molecule has 5 heterocycles. The molecule has 1 aromatic rings. The maximum Gasteiger partial charge on any atom is 0.301 e. The molecule has 1 aromatic carbocycles. The number of nitrogens with one attached hydrogen (secondary N) is 3. The predicted octanol–water partition coefficient (Wildman–Crippen LogP) is 1.51. The molecule has 6 rings (SSSR count). The van der Waals surface area contributed by atoms with Crippen molar-refractivity contribution in [2.24, 2.45) is 20.5 Å². The summed E-state index contributed by atoms with van der Waals surface area (Å²) in [5, 5.41) is 16.4. The third-order valence-corrected chi connectivity index (χ3v) is 7.17. The number of aliphatic imine (C=N–C) groups is 2. The Bertz CT molecular complexity index is 1180. The van der Waals surface area contributed by atoms with Crippen molar-refractivity contribution in [1.82, 2.24) is 10.3 Å². The van der Waals surface area contributed by atoms with Gasteiger partial charge in [0.2, 0.25) is 11.8 Å². The van der Waals surface area contributed by atoms with Crippen LogP contribution in [0.3, 0.4) is 0 Å². The van der Waals surface area contributed by atoms with E-state index in [0.717, 1.165) is 36.4 Å². The van der Waals surface area contributed by atoms with Crippen molar-refractivity contribution in [1.29, 1.82) is 0 Å². The Labute approximate surface area is 185 Å². The Morgan fingerprint density at radius 3 is 2.94 bits per heavy atom. The van der Waals surface area contributed by atoms with Crippen LogP contribution in [0, 0.1) is 5.41 Å². The number of quaternary nitrogens is 1. The molecule has 2 amide bonds. The Morgan fingerprint density at radius 1 is 1.25 bits per heavy atom. The molecule has 2 atom stereocenters. The van der Waals surface area contributed by atoms with E-state index in [9.17, 15) is 9.59 Å². The van der Waals surface area contributed by atoms with Gasteiger partial charge in [-0.2, -0.15) is 0 Å². The number of amides is 2. The van der Waals surface area contributed by atoms with Crippen LogP contribution in [0.15, 0.2) is 45.7 Å². The van der Waals surface area contributed by atoms with Crippen LogP contribution in [-0.2, 0) is 15.0 Å². The molecule has 5 aliphatic rings. The number of carbonyl (C=O) groups is 2. The van der Waals surface area contributed by atoms with Crippen LogP contribution in [-0.4, -0.2) is 59.2 Å². The highest BCUT2D eigenvalue weighted by Gasteiger charge is 2.55. The zero-order valence-corrected chi connectivity index (χ0v) is 18.1. The van der Waals surface area contributed by atoms with Crippen LogP contribution in [0.2, 0.25) is 0 Å². The lowest BCUT2D eigenvalue weighted by Crippen LogP contribution is -2.56. The molecule has 0 saturated carbocycles. The molecule has 0 bridgehead atoms. The number of fused-ring (bicyclic) bond motifs is 2. The highest BCUT2D eigenvalue weighted by atomic mass is 16.2. The van der Waals surface area contributed by atoms with Crippen molar-refractivity contribution in [3.8, 4) is 0 Å². The van der Waals surface area contributed by atoms with Gasteiger partial charge >= 0.3 is 5.84 Å². The maximum absolute atomic E-state index is 12.3. The molecule has 2 fully saturated rings. The van der Waals surface area contributed by atoms with Crippen molar-refractivity contribution in [3.63, 3.8) is 0 Å². The zero-order valence-electron chi connectivity index (χ0n) is 18.1. The van der Waals surface area contributed by atoms with E-state index in [1.165, 1.54) is 0 Å². The van der Waals surface area contributed by atoms with Crippen LogP contribution in [0.1, 0.15) is 32.3 Å². The zero-order chi connectivity index (χ0) is 22.1. The highest BCUT2D eigenvalue weighted by Crippen LogP contribution is 2.41. The molecule has 32 heavy (non-hydrogen) atoms. The largest absolute Gasteiger partial charge is 0.355 e. The second kappa shape index (κ2) is 6.33. The summed E-state index contributed by atoms with van der Waals surface area (Å²) in [7, 11) is 0. The summed E-state index contributed by atoms with van der Waals surface area (Å²) >= 11 is 0. The summed E-state index contributed by atoms with van der Waals surface area (Å²) in [6, 6.07) is 5.82. The standard InChI is InChI=1S/C22H24N8O2/c1-21(2)15-4-3-14(9-16(15)26-19(21)32)25-20-27-17-11-23-6-8-30(17,28-20)29-7-5-22(13-29)10-18(31)24-12-22/h3-4,6,8-9,11H,5,7,10,12-13H2,1-2H3,(H2-,24,25,26,28,31,32)/p+1/t22-,30?/m1/s1. The average Bonchev–Trinajstić information content (AvgIpc) is 3.48. The monoisotopic (exact) mass is 433 g/mol. The van der Waals surface area contributed by atoms with Gasteiger partial charge in [-0.1, -0.05) is 6.07 Å². The maximum atomic E-state index is 12.3. The third-order valence-electron chi connectivity index (χ3n) is 7.17. The summed E-state index contributed by atoms with van der Waals surface area (Å²) in [6.07, 6.45) is 6.87. The van der Waals surface area contributed by atoms with Gasteiger partial charge in [-0.25, -0.2) is 0 Å². The van der Waals surface area contributed by atoms with Gasteiger partial charge in [-0.15, -0.1) is 10.0 Å². The second-order valence-electron chi connectivity index (χ2n) is 9.68. The lowest BCUT2D eigenvalue weighted by atomic mass is 9.86.